The molecule has 2 nitrogen and oxygen atoms in total. The third-order valence-corrected chi connectivity index (χ3v) is 12.6. The van der Waals surface area contributed by atoms with Gasteiger partial charge >= 0.3 is 0 Å². The summed E-state index contributed by atoms with van der Waals surface area (Å²) >= 11 is 11.6. The van der Waals surface area contributed by atoms with Crippen LogP contribution in [-0.4, -0.2) is 24.6 Å². The molecular formula is C14H26N2P2S2. The van der Waals surface area contributed by atoms with E-state index in [4.69, 9.17) is 23.6 Å². The van der Waals surface area contributed by atoms with E-state index in [9.17, 15) is 0 Å². The average molecular weight is 348 g/mol. The first-order chi connectivity index (χ1) is 9.42. The zero-order valence-corrected chi connectivity index (χ0v) is 16.3. The highest BCUT2D eigenvalue weighted by Gasteiger charge is 2.17. The van der Waals surface area contributed by atoms with Gasteiger partial charge in [0.1, 0.15) is 0 Å². The van der Waals surface area contributed by atoms with E-state index >= 15 is 0 Å². The topological polar surface area (TPSA) is 24.1 Å². The van der Waals surface area contributed by atoms with Gasteiger partial charge in [-0.25, -0.2) is 0 Å². The number of rotatable bonds is 8. The molecule has 0 aliphatic rings. The molecule has 0 heterocycles. The minimum absolute atomic E-state index is 1.03. The van der Waals surface area contributed by atoms with Crippen LogP contribution in [0.3, 0.4) is 0 Å². The fourth-order valence-corrected chi connectivity index (χ4v) is 5.27. The zero-order chi connectivity index (χ0) is 15.2. The lowest BCUT2D eigenvalue weighted by Gasteiger charge is -2.27. The Labute approximate surface area is 134 Å². The van der Waals surface area contributed by atoms with Gasteiger partial charge in [-0.2, -0.15) is 0 Å². The standard InChI is InChI=1S/C14H26N2P2S2/c1-5-17(19,6-2)15-13-11-9-10-12-14(13)16-18(20,7-3)8-4/h9-12H,5-8H2,1-4H3,(H,15,19)(H,16,20). The van der Waals surface area contributed by atoms with Crippen molar-refractivity contribution in [1.82, 2.24) is 0 Å². The number of benzene rings is 1. The summed E-state index contributed by atoms with van der Waals surface area (Å²) in [5, 5.41) is 7.26. The summed E-state index contributed by atoms with van der Waals surface area (Å²) in [5.74, 6) is 0. The van der Waals surface area contributed by atoms with Gasteiger partial charge in [0, 0.05) is 12.4 Å². The lowest BCUT2D eigenvalue weighted by molar-refractivity contribution is 1.39. The largest absolute Gasteiger partial charge is 0.356 e. The Kier molecular flexibility index (Phi) is 7.21. The summed E-state index contributed by atoms with van der Waals surface area (Å²) in [6.45, 7) is 8.71. The fourth-order valence-electron chi connectivity index (χ4n) is 1.88. The Balaban J connectivity index is 3.06. The van der Waals surface area contributed by atoms with Crippen LogP contribution >= 0.6 is 12.4 Å². The van der Waals surface area contributed by atoms with Gasteiger partial charge in [0.05, 0.1) is 11.4 Å². The van der Waals surface area contributed by atoms with E-state index in [0.717, 1.165) is 36.0 Å². The zero-order valence-electron chi connectivity index (χ0n) is 12.8. The third-order valence-electron chi connectivity index (χ3n) is 3.62. The first-order valence-electron chi connectivity index (χ1n) is 7.23. The van der Waals surface area contributed by atoms with Crippen LogP contribution in [0.5, 0.6) is 0 Å². The van der Waals surface area contributed by atoms with Crippen LogP contribution < -0.4 is 10.2 Å². The minimum Gasteiger partial charge on any atom is -0.356 e. The van der Waals surface area contributed by atoms with E-state index in [1.165, 1.54) is 0 Å². The molecule has 0 saturated heterocycles. The maximum atomic E-state index is 5.80. The summed E-state index contributed by atoms with van der Waals surface area (Å²) in [5.41, 5.74) is 2.24. The quantitative estimate of drug-likeness (QED) is 0.616. The van der Waals surface area contributed by atoms with Crippen LogP contribution in [0, 0.1) is 0 Å². The summed E-state index contributed by atoms with van der Waals surface area (Å²) in [6.07, 6.45) is 1.14. The molecular weight excluding hydrogens is 322 g/mol. The van der Waals surface area contributed by atoms with E-state index in [1.54, 1.807) is 0 Å². The molecule has 0 spiro atoms. The van der Waals surface area contributed by atoms with Gasteiger partial charge in [0.15, 0.2) is 0 Å². The van der Waals surface area contributed by atoms with Crippen molar-refractivity contribution in [3.05, 3.63) is 24.3 Å². The van der Waals surface area contributed by atoms with Gasteiger partial charge in [-0.15, -0.1) is 0 Å². The molecule has 0 fully saturated rings. The molecule has 0 aliphatic heterocycles. The number of anilines is 2. The smallest absolute Gasteiger partial charge is 0.0616 e. The van der Waals surface area contributed by atoms with Crippen LogP contribution in [0.1, 0.15) is 27.7 Å². The molecule has 0 amide bonds. The van der Waals surface area contributed by atoms with Crippen molar-refractivity contribution in [3.63, 3.8) is 0 Å². The second-order valence-corrected chi connectivity index (χ2v) is 15.5. The Morgan fingerprint density at radius 3 is 1.30 bits per heavy atom. The van der Waals surface area contributed by atoms with E-state index < -0.39 is 12.4 Å². The predicted molar refractivity (Wildman–Crippen MR) is 104 cm³/mol. The SMILES string of the molecule is CCP(=S)(CC)Nc1ccccc1NP(=S)(CC)CC. The highest BCUT2D eigenvalue weighted by atomic mass is 32.4. The molecule has 0 unspecified atom stereocenters. The number of hydrogen-bond acceptors (Lipinski definition) is 2. The van der Waals surface area contributed by atoms with E-state index in [1.807, 2.05) is 0 Å². The summed E-state index contributed by atoms with van der Waals surface area (Å²) < 4.78 is 0. The van der Waals surface area contributed by atoms with Crippen molar-refractivity contribution in [2.24, 2.45) is 0 Å². The second kappa shape index (κ2) is 7.94. The molecule has 114 valence electrons. The monoisotopic (exact) mass is 348 g/mol. The first-order valence-corrected chi connectivity index (χ1v) is 13.6. The molecule has 0 aliphatic carbocycles. The minimum atomic E-state index is -1.49. The maximum absolute atomic E-state index is 5.80. The van der Waals surface area contributed by atoms with Crippen LogP contribution in [0.25, 0.3) is 0 Å². The highest BCUT2D eigenvalue weighted by Crippen LogP contribution is 2.50. The van der Waals surface area contributed by atoms with Crippen LogP contribution in [0.15, 0.2) is 24.3 Å². The summed E-state index contributed by atoms with van der Waals surface area (Å²) in [6, 6.07) is 8.33. The molecule has 1 rings (SSSR count). The molecule has 0 radical (unpaired) electrons. The van der Waals surface area contributed by atoms with Gasteiger partial charge < -0.3 is 10.2 Å². The Bertz CT molecular complexity index is 469. The normalized spacial score (nSPS) is 12.2. The van der Waals surface area contributed by atoms with Crippen molar-refractivity contribution >= 4 is 47.4 Å². The molecule has 0 bridgehead atoms. The molecule has 6 heteroatoms. The average Bonchev–Trinajstić information content (AvgIpc) is 2.49. The lowest BCUT2D eigenvalue weighted by Crippen LogP contribution is -2.06. The molecule has 1 aromatic carbocycles. The first kappa shape index (κ1) is 18.2. The lowest BCUT2D eigenvalue weighted by atomic mass is 10.3. The third kappa shape index (κ3) is 4.84. The van der Waals surface area contributed by atoms with Crippen molar-refractivity contribution < 1.29 is 0 Å². The maximum Gasteiger partial charge on any atom is 0.0616 e. The number of nitrogens with one attached hydrogen (secondary N) is 2. The second-order valence-electron chi connectivity index (χ2n) is 4.81. The van der Waals surface area contributed by atoms with E-state index in [0.29, 0.717) is 0 Å². The Hall–Kier alpha value is 0.120. The number of hydrogen-bond donors (Lipinski definition) is 2. The van der Waals surface area contributed by atoms with Crippen LogP contribution in [-0.2, 0) is 23.6 Å². The fraction of sp³-hybridized carbons (Fsp3) is 0.571. The molecule has 1 aromatic rings. The molecule has 0 atom stereocenters. The van der Waals surface area contributed by atoms with Crippen LogP contribution in [0.2, 0.25) is 0 Å². The van der Waals surface area contributed by atoms with E-state index in [2.05, 4.69) is 62.1 Å². The van der Waals surface area contributed by atoms with E-state index in [-0.39, 0.29) is 0 Å². The predicted octanol–water partition coefficient (Wildman–Crippen LogP) is 5.38. The molecule has 2 N–H and O–H groups in total. The summed E-state index contributed by atoms with van der Waals surface area (Å²) in [4.78, 5) is 0. The summed E-state index contributed by atoms with van der Waals surface area (Å²) in [7, 11) is 0. The highest BCUT2D eigenvalue weighted by molar-refractivity contribution is 8.15. The molecule has 20 heavy (non-hydrogen) atoms. The van der Waals surface area contributed by atoms with Crippen molar-refractivity contribution in [2.45, 2.75) is 27.7 Å². The van der Waals surface area contributed by atoms with Gasteiger partial charge in [-0.05, 0) is 36.8 Å². The molecule has 0 aromatic heterocycles. The molecule has 0 saturated carbocycles. The van der Waals surface area contributed by atoms with Crippen molar-refractivity contribution in [1.29, 1.82) is 0 Å². The van der Waals surface area contributed by atoms with Gasteiger partial charge in [-0.1, -0.05) is 63.4 Å². The number of para-hydroxylation sites is 2. The van der Waals surface area contributed by atoms with Crippen LogP contribution in [0.4, 0.5) is 11.4 Å². The van der Waals surface area contributed by atoms with Gasteiger partial charge in [0.2, 0.25) is 0 Å². The van der Waals surface area contributed by atoms with Gasteiger partial charge in [0.25, 0.3) is 0 Å². The Morgan fingerprint density at radius 1 is 0.750 bits per heavy atom. The Morgan fingerprint density at radius 2 is 1.05 bits per heavy atom. The van der Waals surface area contributed by atoms with Crippen molar-refractivity contribution in [3.8, 4) is 0 Å². The van der Waals surface area contributed by atoms with Gasteiger partial charge in [-0.3, -0.25) is 0 Å². The van der Waals surface area contributed by atoms with Crippen molar-refractivity contribution in [2.75, 3.05) is 34.8 Å².